The number of hydrogen-bond donors (Lipinski definition) is 0. The fourth-order valence-corrected chi connectivity index (χ4v) is 5.36. The first kappa shape index (κ1) is 20.0. The monoisotopic (exact) mass is 411 g/mol. The molecule has 0 spiro atoms. The van der Waals surface area contributed by atoms with E-state index in [9.17, 15) is 13.2 Å². The first-order valence-corrected chi connectivity index (χ1v) is 11.9. The van der Waals surface area contributed by atoms with Gasteiger partial charge in [0.05, 0.1) is 4.88 Å². The normalized spacial score (nSPS) is 16.0. The zero-order chi connectivity index (χ0) is 19.4. The quantitative estimate of drug-likeness (QED) is 0.694. The average molecular weight is 412 g/mol. The van der Waals surface area contributed by atoms with E-state index in [1.807, 2.05) is 31.4 Å². The first-order valence-electron chi connectivity index (χ1n) is 9.24. The molecule has 0 aromatic carbocycles. The van der Waals surface area contributed by atoms with Gasteiger partial charge < -0.3 is 9.42 Å². The zero-order valence-corrected chi connectivity index (χ0v) is 17.3. The van der Waals surface area contributed by atoms with E-state index in [0.717, 1.165) is 30.6 Å². The van der Waals surface area contributed by atoms with Crippen molar-refractivity contribution in [2.24, 2.45) is 0 Å². The molecule has 1 saturated carbocycles. The van der Waals surface area contributed by atoms with E-state index in [0.29, 0.717) is 5.82 Å². The lowest BCUT2D eigenvalue weighted by molar-refractivity contribution is -0.133. The molecule has 0 atom stereocenters. The standard InChI is InChI=1S/C18H25N3O4S2/c1-13(2)21(14-7-4-3-5-8-14)17(22)12-27(23,24)11-16-19-18(20-25-16)15-9-6-10-26-15/h6,9-10,13-14H,3-5,7-8,11-12H2,1-2H3. The van der Waals surface area contributed by atoms with Crippen LogP contribution in [0.4, 0.5) is 0 Å². The number of sulfone groups is 1. The van der Waals surface area contributed by atoms with Crippen LogP contribution >= 0.6 is 11.3 Å². The fourth-order valence-electron chi connectivity index (χ4n) is 3.59. The summed E-state index contributed by atoms with van der Waals surface area (Å²) in [5.41, 5.74) is 0. The Morgan fingerprint density at radius 3 is 2.70 bits per heavy atom. The average Bonchev–Trinajstić information content (AvgIpc) is 3.25. The third-order valence-electron chi connectivity index (χ3n) is 4.71. The van der Waals surface area contributed by atoms with Gasteiger partial charge in [-0.15, -0.1) is 11.3 Å². The van der Waals surface area contributed by atoms with Gasteiger partial charge in [-0.25, -0.2) is 8.42 Å². The Bertz CT molecular complexity index is 853. The minimum absolute atomic E-state index is 0.0139. The Balaban J connectivity index is 1.66. The number of amides is 1. The number of aromatic nitrogens is 2. The van der Waals surface area contributed by atoms with Crippen molar-refractivity contribution in [3.8, 4) is 10.7 Å². The predicted octanol–water partition coefficient (Wildman–Crippen LogP) is 3.28. The summed E-state index contributed by atoms with van der Waals surface area (Å²) in [7, 11) is -3.69. The summed E-state index contributed by atoms with van der Waals surface area (Å²) in [5, 5.41) is 5.70. The summed E-state index contributed by atoms with van der Waals surface area (Å²) in [6, 6.07) is 3.80. The Hall–Kier alpha value is -1.74. The maximum absolute atomic E-state index is 12.8. The van der Waals surface area contributed by atoms with Gasteiger partial charge in [0.25, 0.3) is 0 Å². The molecule has 9 heteroatoms. The second kappa shape index (κ2) is 8.52. The van der Waals surface area contributed by atoms with E-state index in [-0.39, 0.29) is 23.9 Å². The molecular weight excluding hydrogens is 386 g/mol. The van der Waals surface area contributed by atoms with E-state index < -0.39 is 21.3 Å². The van der Waals surface area contributed by atoms with Crippen molar-refractivity contribution in [1.29, 1.82) is 0 Å². The van der Waals surface area contributed by atoms with Crippen LogP contribution in [0.15, 0.2) is 22.0 Å². The van der Waals surface area contributed by atoms with Crippen LogP contribution in [-0.2, 0) is 20.4 Å². The molecule has 0 radical (unpaired) electrons. The summed E-state index contributed by atoms with van der Waals surface area (Å²) in [6.45, 7) is 3.87. The molecule has 1 aliphatic rings. The van der Waals surface area contributed by atoms with Crippen molar-refractivity contribution in [1.82, 2.24) is 15.0 Å². The van der Waals surface area contributed by atoms with Crippen LogP contribution in [0.25, 0.3) is 10.7 Å². The van der Waals surface area contributed by atoms with Crippen LogP contribution in [0.5, 0.6) is 0 Å². The van der Waals surface area contributed by atoms with Gasteiger partial charge in [-0.05, 0) is 38.1 Å². The zero-order valence-electron chi connectivity index (χ0n) is 15.6. The van der Waals surface area contributed by atoms with E-state index >= 15 is 0 Å². The summed E-state index contributed by atoms with van der Waals surface area (Å²) < 4.78 is 30.2. The van der Waals surface area contributed by atoms with E-state index in [2.05, 4.69) is 10.1 Å². The fraction of sp³-hybridized carbons (Fsp3) is 0.611. The van der Waals surface area contributed by atoms with Gasteiger partial charge in [-0.3, -0.25) is 4.79 Å². The number of rotatable bonds is 7. The largest absolute Gasteiger partial charge is 0.338 e. The molecule has 0 unspecified atom stereocenters. The van der Waals surface area contributed by atoms with Crippen LogP contribution in [0, 0.1) is 0 Å². The predicted molar refractivity (Wildman–Crippen MR) is 104 cm³/mol. The van der Waals surface area contributed by atoms with Crippen molar-refractivity contribution < 1.29 is 17.7 Å². The number of carbonyl (C=O) groups is 1. The first-order chi connectivity index (χ1) is 12.9. The third kappa shape index (κ3) is 5.16. The maximum atomic E-state index is 12.8. The van der Waals surface area contributed by atoms with Crippen molar-refractivity contribution in [2.75, 3.05) is 5.75 Å². The molecule has 1 aliphatic carbocycles. The Kier molecular flexibility index (Phi) is 6.31. The van der Waals surface area contributed by atoms with Gasteiger partial charge in [0.15, 0.2) is 9.84 Å². The van der Waals surface area contributed by atoms with Crippen LogP contribution < -0.4 is 0 Å². The molecule has 0 N–H and O–H groups in total. The van der Waals surface area contributed by atoms with Crippen molar-refractivity contribution in [2.45, 2.75) is 63.8 Å². The van der Waals surface area contributed by atoms with Crippen molar-refractivity contribution in [3.05, 3.63) is 23.4 Å². The summed E-state index contributed by atoms with van der Waals surface area (Å²) in [6.07, 6.45) is 5.23. The topological polar surface area (TPSA) is 93.4 Å². The van der Waals surface area contributed by atoms with E-state index in [1.165, 1.54) is 17.8 Å². The highest BCUT2D eigenvalue weighted by Gasteiger charge is 2.31. The van der Waals surface area contributed by atoms with Gasteiger partial charge in [0.2, 0.25) is 17.6 Å². The van der Waals surface area contributed by atoms with Crippen LogP contribution in [0.2, 0.25) is 0 Å². The summed E-state index contributed by atoms with van der Waals surface area (Å²) >= 11 is 1.45. The molecule has 1 fully saturated rings. The minimum atomic E-state index is -3.69. The molecule has 27 heavy (non-hydrogen) atoms. The summed E-state index contributed by atoms with van der Waals surface area (Å²) in [5.74, 6) is -0.908. The maximum Gasteiger partial charge on any atom is 0.242 e. The molecule has 148 valence electrons. The van der Waals surface area contributed by atoms with E-state index in [4.69, 9.17) is 4.52 Å². The Morgan fingerprint density at radius 1 is 1.33 bits per heavy atom. The number of carbonyl (C=O) groups excluding carboxylic acids is 1. The van der Waals surface area contributed by atoms with Crippen LogP contribution in [-0.4, -0.2) is 47.2 Å². The van der Waals surface area contributed by atoms with Gasteiger partial charge in [0.1, 0.15) is 11.5 Å². The van der Waals surface area contributed by atoms with Crippen molar-refractivity contribution >= 4 is 27.1 Å². The highest BCUT2D eigenvalue weighted by molar-refractivity contribution is 7.91. The molecule has 2 aromatic rings. The molecule has 7 nitrogen and oxygen atoms in total. The molecule has 1 amide bonds. The SMILES string of the molecule is CC(C)N(C(=O)CS(=O)(=O)Cc1nc(-c2cccs2)no1)C1CCCCC1. The second-order valence-electron chi connectivity index (χ2n) is 7.21. The smallest absolute Gasteiger partial charge is 0.242 e. The van der Waals surface area contributed by atoms with E-state index in [1.54, 1.807) is 4.90 Å². The molecule has 0 saturated heterocycles. The minimum Gasteiger partial charge on any atom is -0.338 e. The molecular formula is C18H25N3O4S2. The molecule has 0 aliphatic heterocycles. The van der Waals surface area contributed by atoms with Crippen LogP contribution in [0.3, 0.4) is 0 Å². The van der Waals surface area contributed by atoms with Crippen LogP contribution in [0.1, 0.15) is 51.8 Å². The Labute approximate surface area is 163 Å². The lowest BCUT2D eigenvalue weighted by atomic mass is 9.93. The highest BCUT2D eigenvalue weighted by atomic mass is 32.2. The van der Waals surface area contributed by atoms with Gasteiger partial charge in [-0.2, -0.15) is 4.98 Å². The molecule has 0 bridgehead atoms. The van der Waals surface area contributed by atoms with Gasteiger partial charge in [0, 0.05) is 12.1 Å². The number of hydrogen-bond acceptors (Lipinski definition) is 7. The van der Waals surface area contributed by atoms with Gasteiger partial charge >= 0.3 is 0 Å². The lowest BCUT2D eigenvalue weighted by Crippen LogP contribution is -2.48. The second-order valence-corrected chi connectivity index (χ2v) is 10.2. The van der Waals surface area contributed by atoms with Gasteiger partial charge in [-0.1, -0.05) is 30.5 Å². The summed E-state index contributed by atoms with van der Waals surface area (Å²) in [4.78, 5) is 19.5. The lowest BCUT2D eigenvalue weighted by Gasteiger charge is -2.37. The third-order valence-corrected chi connectivity index (χ3v) is 6.95. The Morgan fingerprint density at radius 2 is 2.07 bits per heavy atom. The molecule has 3 rings (SSSR count). The number of thiophene rings is 1. The molecule has 2 heterocycles. The molecule has 2 aromatic heterocycles. The van der Waals surface area contributed by atoms with Crippen molar-refractivity contribution in [3.63, 3.8) is 0 Å². The highest BCUT2D eigenvalue weighted by Crippen LogP contribution is 2.25. The number of nitrogens with zero attached hydrogens (tertiary/aromatic N) is 3.